The van der Waals surface area contributed by atoms with Crippen LogP contribution in [-0.4, -0.2) is 47.8 Å². The smallest absolute Gasteiger partial charge is 0.475 e. The van der Waals surface area contributed by atoms with Gasteiger partial charge in [-0.25, -0.2) is 0 Å². The molecule has 128 valence electrons. The Bertz CT molecular complexity index is 625. The highest BCUT2D eigenvalue weighted by molar-refractivity contribution is 6.43. The molecular weight excluding hydrogens is 309 g/mol. The lowest BCUT2D eigenvalue weighted by Crippen LogP contribution is -2.50. The van der Waals surface area contributed by atoms with Crippen LogP contribution in [0.3, 0.4) is 0 Å². The maximum Gasteiger partial charge on any atom is 0.475 e. The topological polar surface area (TPSA) is 88.0 Å². The first-order valence-electron chi connectivity index (χ1n) is 8.65. The maximum atomic E-state index is 12.5. The minimum absolute atomic E-state index is 0.0120. The van der Waals surface area contributed by atoms with E-state index in [1.807, 2.05) is 24.3 Å². The maximum absolute atomic E-state index is 12.5. The zero-order chi connectivity index (χ0) is 16.7. The van der Waals surface area contributed by atoms with Crippen LogP contribution < -0.4 is 10.1 Å². The van der Waals surface area contributed by atoms with E-state index in [-0.39, 0.29) is 30.0 Å². The van der Waals surface area contributed by atoms with E-state index in [4.69, 9.17) is 9.47 Å². The molecular formula is C17H22BNO5. The van der Waals surface area contributed by atoms with Gasteiger partial charge in [0.1, 0.15) is 5.75 Å². The third kappa shape index (κ3) is 2.92. The second-order valence-corrected chi connectivity index (χ2v) is 7.03. The Hall–Kier alpha value is -1.57. The summed E-state index contributed by atoms with van der Waals surface area (Å²) < 4.78 is 11.4. The second-order valence-electron chi connectivity index (χ2n) is 7.03. The van der Waals surface area contributed by atoms with Crippen molar-refractivity contribution in [3.05, 3.63) is 29.8 Å². The van der Waals surface area contributed by atoms with Gasteiger partial charge in [-0.05, 0) is 31.7 Å². The summed E-state index contributed by atoms with van der Waals surface area (Å²) in [6.07, 6.45) is 3.29. The zero-order valence-electron chi connectivity index (χ0n) is 13.4. The molecule has 1 aromatic rings. The van der Waals surface area contributed by atoms with Gasteiger partial charge in [0.25, 0.3) is 0 Å². The van der Waals surface area contributed by atoms with Crippen LogP contribution in [0.2, 0.25) is 0 Å². The number of nitrogens with one attached hydrogen (secondary N) is 1. The first-order chi connectivity index (χ1) is 11.6. The third-order valence-electron chi connectivity index (χ3n) is 5.47. The van der Waals surface area contributed by atoms with Crippen LogP contribution in [0.15, 0.2) is 24.3 Å². The summed E-state index contributed by atoms with van der Waals surface area (Å²) in [5.41, 5.74) is 1.06. The molecule has 2 fully saturated rings. The molecule has 5 atom stereocenters. The van der Waals surface area contributed by atoms with E-state index >= 15 is 0 Å². The fourth-order valence-corrected chi connectivity index (χ4v) is 4.19. The molecule has 7 heteroatoms. The highest BCUT2D eigenvalue weighted by Gasteiger charge is 2.45. The lowest BCUT2D eigenvalue weighted by molar-refractivity contribution is -0.127. The van der Waals surface area contributed by atoms with Crippen molar-refractivity contribution in [3.8, 4) is 5.75 Å². The van der Waals surface area contributed by atoms with Gasteiger partial charge in [0.2, 0.25) is 5.91 Å². The number of amides is 1. The molecule has 0 aromatic heterocycles. The highest BCUT2D eigenvalue weighted by Crippen LogP contribution is 2.39. The predicted octanol–water partition coefficient (Wildman–Crippen LogP) is 0.617. The molecule has 2 saturated heterocycles. The number of rotatable bonds is 5. The molecule has 24 heavy (non-hydrogen) atoms. The average Bonchev–Trinajstić information content (AvgIpc) is 3.29. The van der Waals surface area contributed by atoms with Crippen LogP contribution >= 0.6 is 0 Å². The van der Waals surface area contributed by atoms with Crippen molar-refractivity contribution in [2.75, 3.05) is 6.61 Å². The van der Waals surface area contributed by atoms with E-state index in [1.165, 1.54) is 0 Å². The molecule has 2 bridgehead atoms. The van der Waals surface area contributed by atoms with Crippen molar-refractivity contribution in [1.82, 2.24) is 5.32 Å². The van der Waals surface area contributed by atoms with Gasteiger partial charge in [0.05, 0.1) is 30.7 Å². The summed E-state index contributed by atoms with van der Waals surface area (Å²) in [5, 5.41) is 22.3. The Morgan fingerprint density at radius 2 is 2.17 bits per heavy atom. The SMILES string of the molecule is O=C(NC(C[C@@H]1COc2ccccc21)B(O)O)[C@H]1C[C@H]2CC[C@@H]1O2. The summed E-state index contributed by atoms with van der Waals surface area (Å²) in [5.74, 6) is -0.132. The van der Waals surface area contributed by atoms with E-state index in [2.05, 4.69) is 5.32 Å². The Morgan fingerprint density at radius 3 is 2.88 bits per heavy atom. The molecule has 6 nitrogen and oxygen atoms in total. The van der Waals surface area contributed by atoms with Crippen molar-refractivity contribution in [2.45, 2.75) is 49.8 Å². The van der Waals surface area contributed by atoms with Crippen molar-refractivity contribution in [3.63, 3.8) is 0 Å². The van der Waals surface area contributed by atoms with Gasteiger partial charge in [-0.15, -0.1) is 0 Å². The van der Waals surface area contributed by atoms with Gasteiger partial charge in [-0.2, -0.15) is 0 Å². The lowest BCUT2D eigenvalue weighted by Gasteiger charge is -2.24. The molecule has 1 unspecified atom stereocenters. The van der Waals surface area contributed by atoms with Crippen molar-refractivity contribution < 1.29 is 24.3 Å². The molecule has 1 amide bonds. The van der Waals surface area contributed by atoms with Crippen molar-refractivity contribution in [1.29, 1.82) is 0 Å². The quantitative estimate of drug-likeness (QED) is 0.689. The normalized spacial score (nSPS) is 31.4. The molecule has 0 radical (unpaired) electrons. The van der Waals surface area contributed by atoms with E-state index in [1.54, 1.807) is 0 Å². The summed E-state index contributed by atoms with van der Waals surface area (Å²) in [7, 11) is -1.60. The van der Waals surface area contributed by atoms with E-state index in [0.717, 1.165) is 30.6 Å². The van der Waals surface area contributed by atoms with Gasteiger partial charge < -0.3 is 24.8 Å². The lowest BCUT2D eigenvalue weighted by atomic mass is 9.73. The first kappa shape index (κ1) is 15.9. The van der Waals surface area contributed by atoms with Crippen LogP contribution in [0.25, 0.3) is 0 Å². The summed E-state index contributed by atoms with van der Waals surface area (Å²) >= 11 is 0. The number of benzene rings is 1. The molecule has 0 aliphatic carbocycles. The Balaban J connectivity index is 1.41. The Labute approximate surface area is 141 Å². The molecule has 3 aliphatic rings. The van der Waals surface area contributed by atoms with E-state index < -0.39 is 13.1 Å². The van der Waals surface area contributed by atoms with Crippen LogP contribution in [-0.2, 0) is 9.53 Å². The Kier molecular flexibility index (Phi) is 4.24. The molecule has 3 heterocycles. The fourth-order valence-electron chi connectivity index (χ4n) is 4.19. The summed E-state index contributed by atoms with van der Waals surface area (Å²) in [4.78, 5) is 12.5. The van der Waals surface area contributed by atoms with Crippen molar-refractivity contribution in [2.24, 2.45) is 5.92 Å². The van der Waals surface area contributed by atoms with Crippen LogP contribution in [0.5, 0.6) is 5.75 Å². The van der Waals surface area contributed by atoms with E-state index in [9.17, 15) is 14.8 Å². The monoisotopic (exact) mass is 331 g/mol. The van der Waals surface area contributed by atoms with Gasteiger partial charge >= 0.3 is 7.12 Å². The Morgan fingerprint density at radius 1 is 1.33 bits per heavy atom. The number of fused-ring (bicyclic) bond motifs is 3. The largest absolute Gasteiger partial charge is 0.493 e. The molecule has 4 rings (SSSR count). The second kappa shape index (κ2) is 6.39. The van der Waals surface area contributed by atoms with Crippen LogP contribution in [0.4, 0.5) is 0 Å². The van der Waals surface area contributed by atoms with Gasteiger partial charge in [-0.3, -0.25) is 4.79 Å². The fraction of sp³-hybridized carbons (Fsp3) is 0.588. The minimum Gasteiger partial charge on any atom is -0.493 e. The molecule has 0 saturated carbocycles. The summed E-state index contributed by atoms with van der Waals surface area (Å²) in [6.45, 7) is 0.496. The number of hydrogen-bond donors (Lipinski definition) is 3. The van der Waals surface area contributed by atoms with E-state index in [0.29, 0.717) is 13.0 Å². The highest BCUT2D eigenvalue weighted by atomic mass is 16.5. The van der Waals surface area contributed by atoms with Crippen LogP contribution in [0.1, 0.15) is 37.2 Å². The number of ether oxygens (including phenoxy) is 2. The standard InChI is InChI=1S/C17H22BNO5/c20-17(13-8-11-5-6-15(13)24-11)19-16(18(21)22)7-10-9-23-14-4-2-1-3-12(10)14/h1-4,10-11,13,15-16,21-22H,5-9H2,(H,19,20)/t10-,11-,13+,15+,16?/m1/s1. The number of hydrogen-bond acceptors (Lipinski definition) is 5. The molecule has 3 aliphatic heterocycles. The average molecular weight is 331 g/mol. The summed E-state index contributed by atoms with van der Waals surface area (Å²) in [6, 6.07) is 7.75. The van der Waals surface area contributed by atoms with Crippen LogP contribution in [0, 0.1) is 5.92 Å². The minimum atomic E-state index is -1.60. The van der Waals surface area contributed by atoms with Crippen molar-refractivity contribution >= 4 is 13.0 Å². The number of carbonyl (C=O) groups excluding carboxylic acids is 1. The number of carbonyl (C=O) groups is 1. The van der Waals surface area contributed by atoms with Gasteiger partial charge in [-0.1, -0.05) is 18.2 Å². The molecule has 3 N–H and O–H groups in total. The number of para-hydroxylation sites is 1. The zero-order valence-corrected chi connectivity index (χ0v) is 13.4. The third-order valence-corrected chi connectivity index (χ3v) is 5.47. The molecule has 1 aromatic carbocycles. The van der Waals surface area contributed by atoms with Gasteiger partial charge in [0, 0.05) is 11.5 Å². The predicted molar refractivity (Wildman–Crippen MR) is 87.4 cm³/mol. The van der Waals surface area contributed by atoms with Gasteiger partial charge in [0.15, 0.2) is 0 Å². The molecule has 0 spiro atoms. The first-order valence-corrected chi connectivity index (χ1v) is 8.65.